The molecule has 3 rings (SSSR count). The average Bonchev–Trinajstić information content (AvgIpc) is 3.17. The molecule has 0 N–H and O–H groups in total. The summed E-state index contributed by atoms with van der Waals surface area (Å²) in [5, 5.41) is 10.4. The number of nitrogens with zero attached hydrogens (tertiary/aromatic N) is 3. The highest BCUT2D eigenvalue weighted by molar-refractivity contribution is 7.10. The molecule has 1 aromatic carbocycles. The van der Waals surface area contributed by atoms with Crippen LogP contribution >= 0.6 is 11.3 Å². The van der Waals surface area contributed by atoms with Crippen molar-refractivity contribution in [3.8, 4) is 17.2 Å². The van der Waals surface area contributed by atoms with Gasteiger partial charge in [-0.05, 0) is 55.2 Å². The molecule has 0 aliphatic rings. The highest BCUT2D eigenvalue weighted by Gasteiger charge is 2.12. The van der Waals surface area contributed by atoms with Crippen LogP contribution < -0.4 is 4.74 Å². The number of hydrogen-bond donors (Lipinski definition) is 0. The molecule has 2 aromatic heterocycles. The molecule has 6 heteroatoms. The van der Waals surface area contributed by atoms with E-state index in [2.05, 4.69) is 40.5 Å². The SMILES string of the molecule is COc1ccc(-c2nnc(CN(C)Cc3sccc3C)o2)cc1. The van der Waals surface area contributed by atoms with Crippen molar-refractivity contribution in [2.24, 2.45) is 0 Å². The first-order valence-corrected chi connectivity index (χ1v) is 8.22. The van der Waals surface area contributed by atoms with E-state index >= 15 is 0 Å². The molecule has 0 atom stereocenters. The molecule has 2 heterocycles. The monoisotopic (exact) mass is 329 g/mol. The van der Waals surface area contributed by atoms with Crippen LogP contribution in [0, 0.1) is 6.92 Å². The van der Waals surface area contributed by atoms with Crippen LogP contribution in [-0.4, -0.2) is 29.3 Å². The molecule has 0 amide bonds. The molecule has 0 saturated carbocycles. The quantitative estimate of drug-likeness (QED) is 0.689. The minimum absolute atomic E-state index is 0.531. The van der Waals surface area contributed by atoms with E-state index in [4.69, 9.17) is 9.15 Å². The Kier molecular flexibility index (Phi) is 4.73. The van der Waals surface area contributed by atoms with Crippen molar-refractivity contribution in [2.45, 2.75) is 20.0 Å². The van der Waals surface area contributed by atoms with Gasteiger partial charge in [0.15, 0.2) is 0 Å². The topological polar surface area (TPSA) is 51.4 Å². The van der Waals surface area contributed by atoms with Crippen molar-refractivity contribution in [2.75, 3.05) is 14.2 Å². The fraction of sp³-hybridized carbons (Fsp3) is 0.294. The van der Waals surface area contributed by atoms with E-state index in [9.17, 15) is 0 Å². The number of methoxy groups -OCH3 is 1. The second-order valence-electron chi connectivity index (χ2n) is 5.43. The van der Waals surface area contributed by atoms with E-state index in [1.807, 2.05) is 24.3 Å². The maximum absolute atomic E-state index is 5.76. The Morgan fingerprint density at radius 2 is 1.91 bits per heavy atom. The lowest BCUT2D eigenvalue weighted by molar-refractivity contribution is 0.284. The van der Waals surface area contributed by atoms with Gasteiger partial charge in [0.05, 0.1) is 13.7 Å². The Hall–Kier alpha value is -2.18. The summed E-state index contributed by atoms with van der Waals surface area (Å²) in [7, 11) is 3.70. The third-order valence-corrected chi connectivity index (χ3v) is 4.60. The van der Waals surface area contributed by atoms with E-state index in [-0.39, 0.29) is 0 Å². The first-order valence-electron chi connectivity index (χ1n) is 7.34. The number of ether oxygens (including phenoxy) is 1. The molecule has 0 radical (unpaired) electrons. The van der Waals surface area contributed by atoms with E-state index in [1.54, 1.807) is 18.4 Å². The number of benzene rings is 1. The first-order chi connectivity index (χ1) is 11.2. The summed E-state index contributed by atoms with van der Waals surface area (Å²) in [6.45, 7) is 3.64. The lowest BCUT2D eigenvalue weighted by Gasteiger charge is -2.13. The number of aryl methyl sites for hydroxylation is 1. The van der Waals surface area contributed by atoms with Crippen LogP contribution in [0.3, 0.4) is 0 Å². The van der Waals surface area contributed by atoms with Crippen molar-refractivity contribution in [3.63, 3.8) is 0 Å². The third-order valence-electron chi connectivity index (χ3n) is 3.59. The molecule has 3 aromatic rings. The van der Waals surface area contributed by atoms with Gasteiger partial charge >= 0.3 is 0 Å². The minimum Gasteiger partial charge on any atom is -0.497 e. The standard InChI is InChI=1S/C17H19N3O2S/c1-12-8-9-23-15(12)10-20(2)11-16-18-19-17(22-16)13-4-6-14(21-3)7-5-13/h4-9H,10-11H2,1-3H3. The number of aromatic nitrogens is 2. The van der Waals surface area contributed by atoms with E-state index in [0.717, 1.165) is 17.9 Å². The van der Waals surface area contributed by atoms with Gasteiger partial charge in [-0.3, -0.25) is 4.90 Å². The first kappa shape index (κ1) is 15.7. The number of hydrogen-bond acceptors (Lipinski definition) is 6. The van der Waals surface area contributed by atoms with Gasteiger partial charge in [0.25, 0.3) is 0 Å². The summed E-state index contributed by atoms with van der Waals surface area (Å²) in [4.78, 5) is 3.53. The summed E-state index contributed by atoms with van der Waals surface area (Å²) in [6, 6.07) is 9.72. The van der Waals surface area contributed by atoms with Crippen molar-refractivity contribution in [1.29, 1.82) is 0 Å². The summed E-state index contributed by atoms with van der Waals surface area (Å²) < 4.78 is 10.9. The maximum Gasteiger partial charge on any atom is 0.247 e. The molecule has 0 bridgehead atoms. The molecule has 0 unspecified atom stereocenters. The molecule has 0 spiro atoms. The molecule has 5 nitrogen and oxygen atoms in total. The fourth-order valence-corrected chi connectivity index (χ4v) is 3.25. The van der Waals surface area contributed by atoms with Gasteiger partial charge in [-0.15, -0.1) is 21.5 Å². The van der Waals surface area contributed by atoms with Crippen LogP contribution in [0.15, 0.2) is 40.1 Å². The van der Waals surface area contributed by atoms with Crippen LogP contribution in [0.4, 0.5) is 0 Å². The Balaban J connectivity index is 1.65. The van der Waals surface area contributed by atoms with Gasteiger partial charge in [0.1, 0.15) is 5.75 Å². The van der Waals surface area contributed by atoms with Gasteiger partial charge in [0, 0.05) is 17.0 Å². The fourth-order valence-electron chi connectivity index (χ4n) is 2.27. The molecule has 0 aliphatic carbocycles. The molecule has 23 heavy (non-hydrogen) atoms. The average molecular weight is 329 g/mol. The third kappa shape index (κ3) is 3.78. The van der Waals surface area contributed by atoms with Crippen molar-refractivity contribution in [3.05, 3.63) is 52.0 Å². The second kappa shape index (κ2) is 6.93. The Morgan fingerprint density at radius 3 is 2.57 bits per heavy atom. The van der Waals surface area contributed by atoms with Crippen LogP contribution in [0.2, 0.25) is 0 Å². The van der Waals surface area contributed by atoms with E-state index < -0.39 is 0 Å². The van der Waals surface area contributed by atoms with Gasteiger partial charge in [-0.2, -0.15) is 0 Å². The van der Waals surface area contributed by atoms with Crippen LogP contribution in [-0.2, 0) is 13.1 Å². The maximum atomic E-state index is 5.76. The van der Waals surface area contributed by atoms with Crippen molar-refractivity contribution >= 4 is 11.3 Å². The predicted molar refractivity (Wildman–Crippen MR) is 90.5 cm³/mol. The molecule has 0 saturated heterocycles. The highest BCUT2D eigenvalue weighted by Crippen LogP contribution is 2.22. The predicted octanol–water partition coefficient (Wildman–Crippen LogP) is 3.75. The zero-order chi connectivity index (χ0) is 16.2. The van der Waals surface area contributed by atoms with E-state index in [0.29, 0.717) is 18.3 Å². The molecular weight excluding hydrogens is 310 g/mol. The van der Waals surface area contributed by atoms with Crippen LogP contribution in [0.5, 0.6) is 5.75 Å². The molecular formula is C17H19N3O2S. The Morgan fingerprint density at radius 1 is 1.13 bits per heavy atom. The molecule has 0 aliphatic heterocycles. The summed E-state index contributed by atoms with van der Waals surface area (Å²) >= 11 is 1.77. The normalized spacial score (nSPS) is 11.1. The smallest absolute Gasteiger partial charge is 0.247 e. The summed E-state index contributed by atoms with van der Waals surface area (Å²) in [5.41, 5.74) is 2.22. The second-order valence-corrected chi connectivity index (χ2v) is 6.43. The Labute approximate surface area is 139 Å². The van der Waals surface area contributed by atoms with Crippen LogP contribution in [0.1, 0.15) is 16.3 Å². The van der Waals surface area contributed by atoms with Gasteiger partial charge in [-0.25, -0.2) is 0 Å². The lowest BCUT2D eigenvalue weighted by Crippen LogP contribution is -2.17. The number of rotatable bonds is 6. The molecule has 120 valence electrons. The summed E-state index contributed by atoms with van der Waals surface area (Å²) in [6.07, 6.45) is 0. The van der Waals surface area contributed by atoms with Gasteiger partial charge in [0.2, 0.25) is 11.8 Å². The largest absolute Gasteiger partial charge is 0.497 e. The lowest BCUT2D eigenvalue weighted by atomic mass is 10.2. The van der Waals surface area contributed by atoms with Crippen LogP contribution in [0.25, 0.3) is 11.5 Å². The molecule has 0 fully saturated rings. The van der Waals surface area contributed by atoms with Gasteiger partial charge in [-0.1, -0.05) is 0 Å². The zero-order valence-corrected chi connectivity index (χ0v) is 14.3. The van der Waals surface area contributed by atoms with E-state index in [1.165, 1.54) is 10.4 Å². The van der Waals surface area contributed by atoms with Crippen molar-refractivity contribution in [1.82, 2.24) is 15.1 Å². The van der Waals surface area contributed by atoms with Crippen molar-refractivity contribution < 1.29 is 9.15 Å². The Bertz CT molecular complexity index is 764. The minimum atomic E-state index is 0.531. The summed E-state index contributed by atoms with van der Waals surface area (Å²) in [5.74, 6) is 1.95. The highest BCUT2D eigenvalue weighted by atomic mass is 32.1. The zero-order valence-electron chi connectivity index (χ0n) is 13.4. The van der Waals surface area contributed by atoms with Gasteiger partial charge < -0.3 is 9.15 Å². The number of thiophene rings is 1.